The van der Waals surface area contributed by atoms with E-state index in [2.05, 4.69) is 15.5 Å². The lowest BCUT2D eigenvalue weighted by Gasteiger charge is -2.12. The normalized spacial score (nSPS) is 10.2. The van der Waals surface area contributed by atoms with Crippen LogP contribution < -0.4 is 19.5 Å². The Kier molecular flexibility index (Phi) is 5.51. The van der Waals surface area contributed by atoms with Gasteiger partial charge in [-0.1, -0.05) is 18.2 Å². The zero-order valence-corrected chi connectivity index (χ0v) is 15.2. The third kappa shape index (κ3) is 3.98. The zero-order valence-electron chi connectivity index (χ0n) is 15.2. The Balaban J connectivity index is 1.77. The van der Waals surface area contributed by atoms with E-state index in [1.54, 1.807) is 43.5 Å². The van der Waals surface area contributed by atoms with Gasteiger partial charge in [0.05, 0.1) is 32.6 Å². The van der Waals surface area contributed by atoms with Gasteiger partial charge < -0.3 is 19.5 Å². The monoisotopic (exact) mass is 365 g/mol. The second-order valence-electron chi connectivity index (χ2n) is 5.53. The molecule has 7 nitrogen and oxygen atoms in total. The van der Waals surface area contributed by atoms with Gasteiger partial charge in [0.25, 0.3) is 5.91 Å². The van der Waals surface area contributed by atoms with Crippen LogP contribution >= 0.6 is 0 Å². The van der Waals surface area contributed by atoms with Crippen molar-refractivity contribution in [1.82, 2.24) is 10.2 Å². The predicted molar refractivity (Wildman–Crippen MR) is 102 cm³/mol. The largest absolute Gasteiger partial charge is 0.493 e. The predicted octanol–water partition coefficient (Wildman–Crippen LogP) is 3.42. The fraction of sp³-hybridized carbons (Fsp3) is 0.150. The Morgan fingerprint density at radius 1 is 0.852 bits per heavy atom. The first-order valence-electron chi connectivity index (χ1n) is 8.16. The quantitative estimate of drug-likeness (QED) is 0.721. The molecule has 0 bridgehead atoms. The minimum atomic E-state index is -0.289. The van der Waals surface area contributed by atoms with Crippen LogP contribution in [0.15, 0.2) is 54.6 Å². The molecule has 1 N–H and O–H groups in total. The number of ether oxygens (including phenoxy) is 3. The Morgan fingerprint density at radius 3 is 2.22 bits per heavy atom. The van der Waals surface area contributed by atoms with Crippen molar-refractivity contribution >= 4 is 11.6 Å². The van der Waals surface area contributed by atoms with Gasteiger partial charge in [0.1, 0.15) is 0 Å². The zero-order chi connectivity index (χ0) is 19.2. The van der Waals surface area contributed by atoms with E-state index in [9.17, 15) is 4.79 Å². The molecular formula is C20H19N3O4. The van der Waals surface area contributed by atoms with Crippen LogP contribution in [0.3, 0.4) is 0 Å². The van der Waals surface area contributed by atoms with E-state index < -0.39 is 0 Å². The maximum Gasteiger partial charge on any atom is 0.259 e. The number of rotatable bonds is 6. The summed E-state index contributed by atoms with van der Waals surface area (Å²) in [7, 11) is 4.57. The van der Waals surface area contributed by atoms with Crippen molar-refractivity contribution in [2.45, 2.75) is 0 Å². The number of carbonyl (C=O) groups excluding carboxylic acids is 1. The number of amides is 1. The van der Waals surface area contributed by atoms with Crippen LogP contribution in [-0.4, -0.2) is 37.4 Å². The van der Waals surface area contributed by atoms with Crippen molar-refractivity contribution in [3.63, 3.8) is 0 Å². The smallest absolute Gasteiger partial charge is 0.259 e. The van der Waals surface area contributed by atoms with Crippen molar-refractivity contribution in [3.8, 4) is 28.6 Å². The molecule has 0 atom stereocenters. The number of benzene rings is 2. The molecule has 2 aromatic carbocycles. The van der Waals surface area contributed by atoms with Crippen molar-refractivity contribution in [1.29, 1.82) is 0 Å². The van der Waals surface area contributed by atoms with Crippen molar-refractivity contribution in [2.75, 3.05) is 26.6 Å². The molecule has 0 aliphatic rings. The number of hydrogen-bond acceptors (Lipinski definition) is 6. The molecule has 0 radical (unpaired) electrons. The first-order chi connectivity index (χ1) is 13.2. The standard InChI is InChI=1S/C20H19N3O4/c1-25-17-6-4-5-15(19(17)27-3)20(24)21-14-9-7-13(8-10-14)16-11-12-18(26-2)23-22-16/h4-12H,1-3H3,(H,21,24). The third-order valence-electron chi connectivity index (χ3n) is 3.94. The van der Waals surface area contributed by atoms with E-state index in [0.29, 0.717) is 34.3 Å². The molecule has 0 aliphatic heterocycles. The molecule has 1 aromatic heterocycles. The van der Waals surface area contributed by atoms with Crippen molar-refractivity contribution in [2.24, 2.45) is 0 Å². The second kappa shape index (κ2) is 8.18. The average Bonchev–Trinajstić information content (AvgIpc) is 2.73. The summed E-state index contributed by atoms with van der Waals surface area (Å²) in [5.74, 6) is 1.05. The summed E-state index contributed by atoms with van der Waals surface area (Å²) in [6.45, 7) is 0. The minimum absolute atomic E-state index is 0.289. The van der Waals surface area contributed by atoms with E-state index in [1.165, 1.54) is 14.2 Å². The van der Waals surface area contributed by atoms with Gasteiger partial charge in [0.2, 0.25) is 5.88 Å². The number of para-hydroxylation sites is 1. The lowest BCUT2D eigenvalue weighted by Crippen LogP contribution is -2.13. The molecule has 3 aromatic rings. The first kappa shape index (κ1) is 18.2. The van der Waals surface area contributed by atoms with Crippen LogP contribution in [0.2, 0.25) is 0 Å². The van der Waals surface area contributed by atoms with Gasteiger partial charge in [-0.05, 0) is 30.3 Å². The van der Waals surface area contributed by atoms with Gasteiger partial charge >= 0.3 is 0 Å². The average molecular weight is 365 g/mol. The Bertz CT molecular complexity index is 925. The van der Waals surface area contributed by atoms with Gasteiger partial charge in [-0.2, -0.15) is 0 Å². The molecule has 1 heterocycles. The topological polar surface area (TPSA) is 82.6 Å². The molecule has 0 saturated heterocycles. The highest BCUT2D eigenvalue weighted by molar-refractivity contribution is 6.06. The minimum Gasteiger partial charge on any atom is -0.493 e. The van der Waals surface area contributed by atoms with Gasteiger partial charge in [0, 0.05) is 17.3 Å². The molecule has 0 spiro atoms. The molecule has 0 unspecified atom stereocenters. The number of nitrogens with one attached hydrogen (secondary N) is 1. The molecule has 0 saturated carbocycles. The molecule has 3 rings (SSSR count). The van der Waals surface area contributed by atoms with Crippen molar-refractivity contribution < 1.29 is 19.0 Å². The number of anilines is 1. The maximum absolute atomic E-state index is 12.6. The van der Waals surface area contributed by atoms with Gasteiger partial charge in [-0.3, -0.25) is 4.79 Å². The SMILES string of the molecule is COc1ccc(-c2ccc(NC(=O)c3cccc(OC)c3OC)cc2)nn1. The van der Waals surface area contributed by atoms with Gasteiger partial charge in [-0.25, -0.2) is 0 Å². The molecular weight excluding hydrogens is 346 g/mol. The fourth-order valence-corrected chi connectivity index (χ4v) is 2.57. The number of carbonyl (C=O) groups is 1. The molecule has 0 aliphatic carbocycles. The van der Waals surface area contributed by atoms with Crippen LogP contribution in [-0.2, 0) is 0 Å². The number of methoxy groups -OCH3 is 3. The van der Waals surface area contributed by atoms with Crippen molar-refractivity contribution in [3.05, 3.63) is 60.2 Å². The van der Waals surface area contributed by atoms with Crippen LogP contribution in [0.5, 0.6) is 17.4 Å². The molecule has 0 fully saturated rings. The van der Waals surface area contributed by atoms with Crippen LogP contribution in [0.1, 0.15) is 10.4 Å². The summed E-state index contributed by atoms with van der Waals surface area (Å²) in [6.07, 6.45) is 0. The van der Waals surface area contributed by atoms with E-state index in [-0.39, 0.29) is 5.91 Å². The molecule has 7 heteroatoms. The van der Waals surface area contributed by atoms with Crippen LogP contribution in [0.25, 0.3) is 11.3 Å². The molecule has 1 amide bonds. The van der Waals surface area contributed by atoms with Crippen LogP contribution in [0, 0.1) is 0 Å². The van der Waals surface area contributed by atoms with Crippen LogP contribution in [0.4, 0.5) is 5.69 Å². The number of aromatic nitrogens is 2. The Labute approximate surface area is 156 Å². The lowest BCUT2D eigenvalue weighted by atomic mass is 10.1. The van der Waals surface area contributed by atoms with Gasteiger partial charge in [-0.15, -0.1) is 10.2 Å². The lowest BCUT2D eigenvalue weighted by molar-refractivity contribution is 0.102. The second-order valence-corrected chi connectivity index (χ2v) is 5.53. The highest BCUT2D eigenvalue weighted by Gasteiger charge is 2.16. The highest BCUT2D eigenvalue weighted by atomic mass is 16.5. The fourth-order valence-electron chi connectivity index (χ4n) is 2.57. The number of nitrogens with zero attached hydrogens (tertiary/aromatic N) is 2. The summed E-state index contributed by atoms with van der Waals surface area (Å²) >= 11 is 0. The highest BCUT2D eigenvalue weighted by Crippen LogP contribution is 2.31. The number of hydrogen-bond donors (Lipinski definition) is 1. The van der Waals surface area contributed by atoms with Gasteiger partial charge in [0.15, 0.2) is 11.5 Å². The Morgan fingerprint density at radius 2 is 1.63 bits per heavy atom. The maximum atomic E-state index is 12.6. The van der Waals surface area contributed by atoms with E-state index in [1.807, 2.05) is 18.2 Å². The summed E-state index contributed by atoms with van der Waals surface area (Å²) in [4.78, 5) is 12.6. The molecule has 27 heavy (non-hydrogen) atoms. The van der Waals surface area contributed by atoms with E-state index >= 15 is 0 Å². The third-order valence-corrected chi connectivity index (χ3v) is 3.94. The molecule has 138 valence electrons. The summed E-state index contributed by atoms with van der Waals surface area (Å²) in [6, 6.07) is 16.0. The summed E-state index contributed by atoms with van der Waals surface area (Å²) < 4.78 is 15.5. The van der Waals surface area contributed by atoms with E-state index in [0.717, 1.165) is 5.56 Å². The first-order valence-corrected chi connectivity index (χ1v) is 8.16. The van der Waals surface area contributed by atoms with E-state index in [4.69, 9.17) is 14.2 Å². The summed E-state index contributed by atoms with van der Waals surface area (Å²) in [5, 5.41) is 10.9. The Hall–Kier alpha value is -3.61. The summed E-state index contributed by atoms with van der Waals surface area (Å²) in [5.41, 5.74) is 2.63.